The molecule has 0 spiro atoms. The molecule has 0 amide bonds. The highest BCUT2D eigenvalue weighted by Crippen LogP contribution is 2.29. The summed E-state index contributed by atoms with van der Waals surface area (Å²) in [5.74, 6) is 2.11. The van der Waals surface area contributed by atoms with E-state index in [-0.39, 0.29) is 5.41 Å². The zero-order valence-electron chi connectivity index (χ0n) is 18.1. The van der Waals surface area contributed by atoms with Crippen molar-refractivity contribution in [3.63, 3.8) is 0 Å². The Balaban J connectivity index is 1.72. The number of hydrogen-bond acceptors (Lipinski definition) is 5. The van der Waals surface area contributed by atoms with E-state index in [2.05, 4.69) is 60.3 Å². The number of hydrogen-bond donors (Lipinski definition) is 1. The highest BCUT2D eigenvalue weighted by molar-refractivity contribution is 7.71. The van der Waals surface area contributed by atoms with Crippen LogP contribution in [0.5, 0.6) is 11.5 Å². The van der Waals surface area contributed by atoms with Crippen LogP contribution in [0.3, 0.4) is 0 Å². The molecule has 0 saturated carbocycles. The number of aryl methyl sites for hydroxylation is 1. The maximum Gasteiger partial charge on any atom is 0.216 e. The van der Waals surface area contributed by atoms with Gasteiger partial charge in [-0.3, -0.25) is 5.10 Å². The molecule has 0 saturated heterocycles. The average Bonchev–Trinajstić information content (AvgIpc) is 3.10. The first-order chi connectivity index (χ1) is 14.3. The Morgan fingerprint density at radius 2 is 1.87 bits per heavy atom. The summed E-state index contributed by atoms with van der Waals surface area (Å²) in [4.78, 5) is 0. The first-order valence-corrected chi connectivity index (χ1v) is 10.3. The van der Waals surface area contributed by atoms with Gasteiger partial charge < -0.3 is 9.47 Å². The number of ether oxygens (including phenoxy) is 2. The molecule has 3 rings (SSSR count). The Kier molecular flexibility index (Phi) is 6.72. The Bertz CT molecular complexity index is 1080. The van der Waals surface area contributed by atoms with Gasteiger partial charge in [0.15, 0.2) is 17.3 Å². The minimum Gasteiger partial charge on any atom is -0.493 e. The van der Waals surface area contributed by atoms with Gasteiger partial charge >= 0.3 is 0 Å². The molecule has 3 aromatic rings. The van der Waals surface area contributed by atoms with Gasteiger partial charge in [0, 0.05) is 6.42 Å². The lowest BCUT2D eigenvalue weighted by Crippen LogP contribution is -2.10. The maximum atomic E-state index is 5.99. The predicted octanol–water partition coefficient (Wildman–Crippen LogP) is 5.27. The second kappa shape index (κ2) is 9.26. The van der Waals surface area contributed by atoms with Crippen molar-refractivity contribution in [2.75, 3.05) is 7.11 Å². The molecule has 2 aromatic carbocycles. The summed E-state index contributed by atoms with van der Waals surface area (Å²) in [7, 11) is 1.63. The zero-order valence-corrected chi connectivity index (χ0v) is 18.9. The Hall–Kier alpha value is -2.93. The standard InChI is InChI=1S/C23H28N4O2S/c1-6-21-25-26-22(30)27(21)24-14-17-9-12-19(20(13-17)28-5)29-15-16-7-10-18(11-8-16)23(2,3)4/h7-14H,6,15H2,1-5H3,(H,26,30)/b24-14-. The fraction of sp³-hybridized carbons (Fsp3) is 0.348. The van der Waals surface area contributed by atoms with Crippen LogP contribution in [0.15, 0.2) is 47.6 Å². The fourth-order valence-electron chi connectivity index (χ4n) is 2.94. The summed E-state index contributed by atoms with van der Waals surface area (Å²) in [6.45, 7) is 9.09. The van der Waals surface area contributed by atoms with E-state index in [9.17, 15) is 0 Å². The van der Waals surface area contributed by atoms with Crippen molar-refractivity contribution in [3.05, 3.63) is 69.8 Å². The zero-order chi connectivity index (χ0) is 21.7. The Morgan fingerprint density at radius 3 is 2.50 bits per heavy atom. The minimum atomic E-state index is 0.138. The first kappa shape index (κ1) is 21.8. The van der Waals surface area contributed by atoms with Crippen LogP contribution in [0, 0.1) is 4.77 Å². The van der Waals surface area contributed by atoms with E-state index in [1.807, 2.05) is 25.1 Å². The molecule has 0 aliphatic heterocycles. The highest BCUT2D eigenvalue weighted by atomic mass is 32.1. The van der Waals surface area contributed by atoms with E-state index < -0.39 is 0 Å². The summed E-state index contributed by atoms with van der Waals surface area (Å²) in [6, 6.07) is 14.2. The molecule has 0 bridgehead atoms. The number of benzene rings is 2. The third-order valence-electron chi connectivity index (χ3n) is 4.76. The van der Waals surface area contributed by atoms with Gasteiger partial charge in [0.05, 0.1) is 13.3 Å². The predicted molar refractivity (Wildman–Crippen MR) is 122 cm³/mol. The van der Waals surface area contributed by atoms with E-state index in [4.69, 9.17) is 21.7 Å². The van der Waals surface area contributed by atoms with Gasteiger partial charge in [-0.2, -0.15) is 14.9 Å². The number of aromatic nitrogens is 3. The van der Waals surface area contributed by atoms with Crippen LogP contribution >= 0.6 is 12.2 Å². The molecule has 0 fully saturated rings. The van der Waals surface area contributed by atoms with Crippen LogP contribution in [0.4, 0.5) is 0 Å². The molecular formula is C23H28N4O2S. The van der Waals surface area contributed by atoms with Crippen molar-refractivity contribution >= 4 is 18.4 Å². The number of methoxy groups -OCH3 is 1. The average molecular weight is 425 g/mol. The molecule has 1 aromatic heterocycles. The molecule has 30 heavy (non-hydrogen) atoms. The third-order valence-corrected chi connectivity index (χ3v) is 5.02. The first-order valence-electron chi connectivity index (χ1n) is 9.92. The summed E-state index contributed by atoms with van der Waals surface area (Å²) < 4.78 is 13.6. The van der Waals surface area contributed by atoms with Crippen molar-refractivity contribution < 1.29 is 9.47 Å². The van der Waals surface area contributed by atoms with Gasteiger partial charge in [-0.25, -0.2) is 0 Å². The monoisotopic (exact) mass is 424 g/mol. The van der Waals surface area contributed by atoms with Gasteiger partial charge in [0.2, 0.25) is 4.77 Å². The van der Waals surface area contributed by atoms with Gasteiger partial charge in [0.25, 0.3) is 0 Å². The molecule has 0 atom stereocenters. The van der Waals surface area contributed by atoms with Crippen LogP contribution in [-0.4, -0.2) is 28.2 Å². The lowest BCUT2D eigenvalue weighted by molar-refractivity contribution is 0.284. The van der Waals surface area contributed by atoms with Crippen molar-refractivity contribution in [3.8, 4) is 11.5 Å². The Labute approximate surface area is 182 Å². The van der Waals surface area contributed by atoms with E-state index >= 15 is 0 Å². The molecule has 0 aliphatic carbocycles. The molecule has 0 unspecified atom stereocenters. The van der Waals surface area contributed by atoms with Gasteiger partial charge in [-0.1, -0.05) is 52.0 Å². The van der Waals surface area contributed by atoms with E-state index in [0.717, 1.165) is 23.4 Å². The number of nitrogens with zero attached hydrogens (tertiary/aromatic N) is 3. The summed E-state index contributed by atoms with van der Waals surface area (Å²) in [5.41, 5.74) is 3.42. The van der Waals surface area contributed by atoms with Crippen molar-refractivity contribution in [1.29, 1.82) is 0 Å². The van der Waals surface area contributed by atoms with Gasteiger partial charge in [0.1, 0.15) is 6.61 Å². The van der Waals surface area contributed by atoms with Crippen molar-refractivity contribution in [2.45, 2.75) is 46.1 Å². The summed E-state index contributed by atoms with van der Waals surface area (Å²) >= 11 is 5.22. The van der Waals surface area contributed by atoms with Crippen LogP contribution in [0.1, 0.15) is 50.2 Å². The molecular weight excluding hydrogens is 396 g/mol. The molecule has 158 valence electrons. The van der Waals surface area contributed by atoms with E-state index in [0.29, 0.717) is 22.9 Å². The lowest BCUT2D eigenvalue weighted by atomic mass is 9.87. The maximum absolute atomic E-state index is 5.99. The lowest BCUT2D eigenvalue weighted by Gasteiger charge is -2.19. The second-order valence-electron chi connectivity index (χ2n) is 8.00. The van der Waals surface area contributed by atoms with Crippen LogP contribution in [0.2, 0.25) is 0 Å². The molecule has 7 heteroatoms. The fourth-order valence-corrected chi connectivity index (χ4v) is 3.14. The number of rotatable bonds is 7. The van der Waals surface area contributed by atoms with E-state index in [1.165, 1.54) is 5.56 Å². The van der Waals surface area contributed by atoms with Crippen molar-refractivity contribution in [2.24, 2.45) is 5.10 Å². The van der Waals surface area contributed by atoms with Gasteiger partial charge in [-0.15, -0.1) is 0 Å². The van der Waals surface area contributed by atoms with Crippen molar-refractivity contribution in [1.82, 2.24) is 14.9 Å². The molecule has 0 radical (unpaired) electrons. The molecule has 0 aliphatic rings. The smallest absolute Gasteiger partial charge is 0.216 e. The Morgan fingerprint density at radius 1 is 1.13 bits per heavy atom. The minimum absolute atomic E-state index is 0.138. The molecule has 1 heterocycles. The summed E-state index contributed by atoms with van der Waals surface area (Å²) in [6.07, 6.45) is 2.46. The van der Waals surface area contributed by atoms with Crippen LogP contribution in [0.25, 0.3) is 0 Å². The second-order valence-corrected chi connectivity index (χ2v) is 8.39. The summed E-state index contributed by atoms with van der Waals surface area (Å²) in [5, 5.41) is 11.3. The number of nitrogens with one attached hydrogen (secondary N) is 1. The molecule has 6 nitrogen and oxygen atoms in total. The van der Waals surface area contributed by atoms with Crippen LogP contribution < -0.4 is 9.47 Å². The largest absolute Gasteiger partial charge is 0.493 e. The topological polar surface area (TPSA) is 64.4 Å². The number of H-pyrrole nitrogens is 1. The quantitative estimate of drug-likeness (QED) is 0.414. The third kappa shape index (κ3) is 5.16. The highest BCUT2D eigenvalue weighted by Gasteiger charge is 2.13. The molecule has 1 N–H and O–H groups in total. The van der Waals surface area contributed by atoms with E-state index in [1.54, 1.807) is 18.0 Å². The SMILES string of the molecule is CCc1n[nH]c(=S)n1/N=C\c1ccc(OCc2ccc(C(C)(C)C)cc2)c(OC)c1. The number of aromatic amines is 1. The normalized spacial score (nSPS) is 11.8. The van der Waals surface area contributed by atoms with Crippen LogP contribution in [-0.2, 0) is 18.4 Å². The van der Waals surface area contributed by atoms with Gasteiger partial charge in [-0.05, 0) is 52.5 Å².